The quantitative estimate of drug-likeness (QED) is 0.581. The molecule has 0 aromatic carbocycles. The molecule has 80 valence electrons. The molecule has 0 unspecified atom stereocenters. The number of halogens is 2. The lowest BCUT2D eigenvalue weighted by Gasteiger charge is -2.42. The van der Waals surface area contributed by atoms with Crippen molar-refractivity contribution in [3.63, 3.8) is 0 Å². The highest BCUT2D eigenvalue weighted by molar-refractivity contribution is 8.00. The van der Waals surface area contributed by atoms with Crippen molar-refractivity contribution in [1.82, 2.24) is 4.90 Å². The van der Waals surface area contributed by atoms with Crippen molar-refractivity contribution in [1.29, 1.82) is 0 Å². The summed E-state index contributed by atoms with van der Waals surface area (Å²) in [5, 5.41) is -0.123. The van der Waals surface area contributed by atoms with E-state index < -0.39 is 0 Å². The van der Waals surface area contributed by atoms with Crippen molar-refractivity contribution in [2.24, 2.45) is 0 Å². The van der Waals surface area contributed by atoms with Crippen molar-refractivity contribution in [3.05, 3.63) is 11.8 Å². The molecular formula is C7H9Cl2NO2S2. The number of rotatable bonds is 1. The van der Waals surface area contributed by atoms with Crippen LogP contribution in [0.1, 0.15) is 6.42 Å². The maximum atomic E-state index is 11.1. The molecule has 0 aliphatic carbocycles. The average Bonchev–Trinajstić information content (AvgIpc) is 2.01. The first-order chi connectivity index (χ1) is 5.70. The lowest BCUT2D eigenvalue weighted by Crippen LogP contribution is -2.52. The van der Waals surface area contributed by atoms with Crippen LogP contribution in [0.4, 0.5) is 0 Å². The molecule has 0 N–H and O–H groups in total. The zero-order chi connectivity index (χ0) is 8.72. The largest absolute Gasteiger partial charge is 0.295 e. The number of carbonyl (C=O) groups is 2. The SMILES string of the molecule is Cl.Cl.O=C(S)C1=CCS[C@@H]2CC(=O)N12. The molecule has 7 heteroatoms. The summed E-state index contributed by atoms with van der Waals surface area (Å²) >= 11 is 5.39. The number of amides is 1. The van der Waals surface area contributed by atoms with Crippen molar-refractivity contribution < 1.29 is 9.59 Å². The summed E-state index contributed by atoms with van der Waals surface area (Å²) in [7, 11) is 0. The predicted molar refractivity (Wildman–Crippen MR) is 64.3 cm³/mol. The molecular weight excluding hydrogens is 265 g/mol. The van der Waals surface area contributed by atoms with E-state index in [0.717, 1.165) is 5.75 Å². The van der Waals surface area contributed by atoms with Gasteiger partial charge in [0.15, 0.2) is 0 Å². The Morgan fingerprint density at radius 2 is 2.21 bits per heavy atom. The first-order valence-corrected chi connectivity index (χ1v) is 5.07. The number of thioether (sulfide) groups is 1. The monoisotopic (exact) mass is 273 g/mol. The molecule has 0 radical (unpaired) electrons. The molecule has 0 spiro atoms. The number of thiol groups is 1. The second-order valence-electron chi connectivity index (χ2n) is 2.65. The minimum atomic E-state index is -0.312. The van der Waals surface area contributed by atoms with E-state index in [1.807, 2.05) is 0 Å². The second-order valence-corrected chi connectivity index (χ2v) is 4.27. The van der Waals surface area contributed by atoms with Crippen LogP contribution in [-0.2, 0) is 9.59 Å². The van der Waals surface area contributed by atoms with E-state index in [1.54, 1.807) is 17.8 Å². The van der Waals surface area contributed by atoms with Crippen LogP contribution in [0.5, 0.6) is 0 Å². The van der Waals surface area contributed by atoms with Crippen LogP contribution in [0, 0.1) is 0 Å². The van der Waals surface area contributed by atoms with Gasteiger partial charge >= 0.3 is 0 Å². The molecule has 1 fully saturated rings. The molecule has 14 heavy (non-hydrogen) atoms. The lowest BCUT2D eigenvalue weighted by atomic mass is 10.1. The van der Waals surface area contributed by atoms with Gasteiger partial charge in [0.2, 0.25) is 11.0 Å². The molecule has 0 aromatic heterocycles. The molecule has 0 aromatic rings. The van der Waals surface area contributed by atoms with Crippen LogP contribution in [0.2, 0.25) is 0 Å². The van der Waals surface area contributed by atoms with Gasteiger partial charge in [0.25, 0.3) is 0 Å². The fourth-order valence-electron chi connectivity index (χ4n) is 1.34. The number of β-lactam (4-membered cyclic amide) rings is 1. The topological polar surface area (TPSA) is 37.4 Å². The molecule has 2 aliphatic heterocycles. The third kappa shape index (κ3) is 2.21. The standard InChI is InChI=1S/C7H7NO2S2.2ClH/c9-5-3-6-8(5)4(7(10)11)1-2-12-6;;/h1,6H,2-3H2,(H,10,11);2*1H/t6-;;/m1../s1. The van der Waals surface area contributed by atoms with E-state index in [0.29, 0.717) is 12.1 Å². The Morgan fingerprint density at radius 1 is 1.57 bits per heavy atom. The second kappa shape index (κ2) is 5.30. The van der Waals surface area contributed by atoms with Gasteiger partial charge in [-0.1, -0.05) is 12.6 Å². The highest BCUT2D eigenvalue weighted by Crippen LogP contribution is 2.37. The molecule has 2 aliphatic rings. The molecule has 2 heterocycles. The van der Waals surface area contributed by atoms with Crippen molar-refractivity contribution in [3.8, 4) is 0 Å². The van der Waals surface area contributed by atoms with Crippen molar-refractivity contribution in [2.45, 2.75) is 11.8 Å². The molecule has 1 amide bonds. The van der Waals surface area contributed by atoms with Gasteiger partial charge in [-0.3, -0.25) is 14.5 Å². The Hall–Kier alpha value is 0.160. The van der Waals surface area contributed by atoms with E-state index in [2.05, 4.69) is 12.6 Å². The zero-order valence-corrected chi connectivity index (χ0v) is 10.3. The number of fused-ring (bicyclic) bond motifs is 1. The smallest absolute Gasteiger partial charge is 0.232 e. The highest BCUT2D eigenvalue weighted by Gasteiger charge is 2.41. The normalized spacial score (nSPS) is 23.5. The third-order valence-corrected chi connectivity index (χ3v) is 3.30. The Labute approximate surface area is 104 Å². The fourth-order valence-corrected chi connectivity index (χ4v) is 2.65. The van der Waals surface area contributed by atoms with Gasteiger partial charge in [-0.2, -0.15) is 0 Å². The van der Waals surface area contributed by atoms with E-state index >= 15 is 0 Å². The molecule has 1 saturated heterocycles. The van der Waals surface area contributed by atoms with Gasteiger partial charge in [-0.15, -0.1) is 36.6 Å². The average molecular weight is 274 g/mol. The predicted octanol–water partition coefficient (Wildman–Crippen LogP) is 1.48. The first kappa shape index (κ1) is 14.2. The van der Waals surface area contributed by atoms with Gasteiger partial charge in [-0.05, 0) is 6.08 Å². The molecule has 0 bridgehead atoms. The van der Waals surface area contributed by atoms with Crippen LogP contribution in [0.25, 0.3) is 0 Å². The van der Waals surface area contributed by atoms with Crippen LogP contribution < -0.4 is 0 Å². The van der Waals surface area contributed by atoms with Gasteiger partial charge in [0.1, 0.15) is 0 Å². The van der Waals surface area contributed by atoms with E-state index in [1.165, 1.54) is 4.90 Å². The number of hydrogen-bond donors (Lipinski definition) is 1. The van der Waals surface area contributed by atoms with Crippen LogP contribution in [0.15, 0.2) is 11.8 Å². The van der Waals surface area contributed by atoms with Crippen molar-refractivity contribution in [2.75, 3.05) is 5.75 Å². The molecule has 2 rings (SSSR count). The van der Waals surface area contributed by atoms with Gasteiger partial charge < -0.3 is 0 Å². The summed E-state index contributed by atoms with van der Waals surface area (Å²) in [5.41, 5.74) is 0.457. The molecule has 0 saturated carbocycles. The summed E-state index contributed by atoms with van der Waals surface area (Å²) in [6, 6.07) is 0. The Morgan fingerprint density at radius 3 is 2.64 bits per heavy atom. The van der Waals surface area contributed by atoms with Crippen molar-refractivity contribution >= 4 is 60.2 Å². The summed E-state index contributed by atoms with van der Waals surface area (Å²) in [6.07, 6.45) is 2.32. The van der Waals surface area contributed by atoms with Gasteiger partial charge in [-0.25, -0.2) is 0 Å². The number of nitrogens with zero attached hydrogens (tertiary/aromatic N) is 1. The maximum Gasteiger partial charge on any atom is 0.232 e. The first-order valence-electron chi connectivity index (χ1n) is 3.57. The summed E-state index contributed by atoms with van der Waals surface area (Å²) in [6.45, 7) is 0. The molecule has 1 atom stereocenters. The van der Waals surface area contributed by atoms with E-state index in [9.17, 15) is 9.59 Å². The van der Waals surface area contributed by atoms with E-state index in [-0.39, 0.29) is 41.2 Å². The summed E-state index contributed by atoms with van der Waals surface area (Å²) < 4.78 is 0. The fraction of sp³-hybridized carbons (Fsp3) is 0.429. The number of hydrogen-bond acceptors (Lipinski definition) is 3. The Kier molecular flexibility index (Phi) is 5.36. The van der Waals surface area contributed by atoms with Crippen LogP contribution in [-0.4, -0.2) is 27.0 Å². The summed E-state index contributed by atoms with van der Waals surface area (Å²) in [4.78, 5) is 23.5. The van der Waals surface area contributed by atoms with E-state index in [4.69, 9.17) is 0 Å². The third-order valence-electron chi connectivity index (χ3n) is 1.95. The molecule has 3 nitrogen and oxygen atoms in total. The maximum absolute atomic E-state index is 11.1. The van der Waals surface area contributed by atoms with Gasteiger partial charge in [0, 0.05) is 5.75 Å². The number of carbonyl (C=O) groups excluding carboxylic acids is 2. The minimum Gasteiger partial charge on any atom is -0.295 e. The van der Waals surface area contributed by atoms with Crippen LogP contribution >= 0.6 is 49.2 Å². The minimum absolute atomic E-state index is 0. The lowest BCUT2D eigenvalue weighted by molar-refractivity contribution is -0.140. The Bertz CT molecular complexity index is 295. The highest BCUT2D eigenvalue weighted by atomic mass is 35.5. The van der Waals surface area contributed by atoms with Crippen LogP contribution in [0.3, 0.4) is 0 Å². The van der Waals surface area contributed by atoms with Gasteiger partial charge in [0.05, 0.1) is 17.5 Å². The Balaban J connectivity index is 0.000000845. The summed E-state index contributed by atoms with van der Waals surface area (Å²) in [5.74, 6) is 0.830. The zero-order valence-electron chi connectivity index (χ0n) is 7.00.